The lowest BCUT2D eigenvalue weighted by Crippen LogP contribution is -2.51. The predicted molar refractivity (Wildman–Crippen MR) is 110 cm³/mol. The van der Waals surface area contributed by atoms with Gasteiger partial charge in [0.1, 0.15) is 6.54 Å². The maximum absolute atomic E-state index is 12.6. The van der Waals surface area contributed by atoms with Crippen molar-refractivity contribution >= 4 is 34.5 Å². The summed E-state index contributed by atoms with van der Waals surface area (Å²) >= 11 is 6.07. The molecule has 2 aliphatic heterocycles. The Labute approximate surface area is 170 Å². The number of hydrogen-bond acceptors (Lipinski definition) is 6. The van der Waals surface area contributed by atoms with E-state index in [9.17, 15) is 4.79 Å². The third kappa shape index (κ3) is 3.93. The molecule has 2 aromatic rings. The molecule has 1 amide bonds. The van der Waals surface area contributed by atoms with Gasteiger partial charge in [-0.1, -0.05) is 6.42 Å². The molecule has 0 aromatic carbocycles. The fourth-order valence-electron chi connectivity index (χ4n) is 4.60. The van der Waals surface area contributed by atoms with Crippen LogP contribution < -0.4 is 10.2 Å². The molecule has 1 N–H and O–H groups in total. The van der Waals surface area contributed by atoms with Crippen molar-refractivity contribution in [1.29, 1.82) is 0 Å². The molecule has 0 radical (unpaired) electrons. The van der Waals surface area contributed by atoms with Crippen LogP contribution >= 0.6 is 11.6 Å². The Morgan fingerprint density at radius 3 is 2.89 bits per heavy atom. The van der Waals surface area contributed by atoms with Crippen LogP contribution in [0.4, 0.5) is 5.82 Å². The van der Waals surface area contributed by atoms with Gasteiger partial charge in [0.2, 0.25) is 11.2 Å². The zero-order valence-electron chi connectivity index (χ0n) is 16.6. The SMILES string of the molecule is CN(C)c1nc(Cl)nc2c1ncn2CC(=O)NCC1CCCN2CCCCC12. The minimum atomic E-state index is -0.0200. The van der Waals surface area contributed by atoms with Gasteiger partial charge in [-0.3, -0.25) is 4.79 Å². The first-order valence-electron chi connectivity index (χ1n) is 10.1. The number of piperidine rings is 2. The van der Waals surface area contributed by atoms with Crippen molar-refractivity contribution in [2.75, 3.05) is 38.6 Å². The molecule has 2 aromatic heterocycles. The topological polar surface area (TPSA) is 79.2 Å². The third-order valence-electron chi connectivity index (χ3n) is 5.95. The highest BCUT2D eigenvalue weighted by Gasteiger charge is 2.32. The van der Waals surface area contributed by atoms with Gasteiger partial charge in [-0.2, -0.15) is 9.97 Å². The fraction of sp³-hybridized carbons (Fsp3) is 0.684. The first-order chi connectivity index (χ1) is 13.5. The quantitative estimate of drug-likeness (QED) is 0.765. The van der Waals surface area contributed by atoms with Crippen LogP contribution in [0.2, 0.25) is 5.28 Å². The predicted octanol–water partition coefficient (Wildman–Crippen LogP) is 1.93. The fourth-order valence-corrected chi connectivity index (χ4v) is 4.76. The number of amides is 1. The minimum absolute atomic E-state index is 0.0200. The van der Waals surface area contributed by atoms with Crippen molar-refractivity contribution in [1.82, 2.24) is 29.7 Å². The standard InChI is InChI=1S/C19H28ClN7O/c1-25(2)17-16-18(24-19(20)23-17)27(12-22-16)11-15(28)21-10-13-6-5-9-26-8-4-3-7-14(13)26/h12-14H,3-11H2,1-2H3,(H,21,28). The van der Waals surface area contributed by atoms with Crippen molar-refractivity contribution in [3.8, 4) is 0 Å². The smallest absolute Gasteiger partial charge is 0.240 e. The normalized spacial score (nSPS) is 22.8. The molecular formula is C19H28ClN7O. The number of rotatable bonds is 5. The van der Waals surface area contributed by atoms with Gasteiger partial charge in [0.15, 0.2) is 17.0 Å². The third-order valence-corrected chi connectivity index (χ3v) is 6.11. The number of carbonyl (C=O) groups excluding carboxylic acids is 1. The number of nitrogens with one attached hydrogen (secondary N) is 1. The maximum atomic E-state index is 12.6. The van der Waals surface area contributed by atoms with Crippen LogP contribution in [-0.2, 0) is 11.3 Å². The Balaban J connectivity index is 1.41. The summed E-state index contributed by atoms with van der Waals surface area (Å²) in [5, 5.41) is 3.29. The molecule has 2 aliphatic rings. The van der Waals surface area contributed by atoms with Crippen LogP contribution in [0.5, 0.6) is 0 Å². The molecule has 152 valence electrons. The van der Waals surface area contributed by atoms with E-state index in [1.165, 1.54) is 45.2 Å². The lowest BCUT2D eigenvalue weighted by molar-refractivity contribution is -0.122. The van der Waals surface area contributed by atoms with Gasteiger partial charge in [0, 0.05) is 26.7 Å². The molecule has 2 saturated heterocycles. The van der Waals surface area contributed by atoms with Crippen LogP contribution in [0.25, 0.3) is 11.2 Å². The van der Waals surface area contributed by atoms with Crippen LogP contribution in [0.3, 0.4) is 0 Å². The zero-order valence-corrected chi connectivity index (χ0v) is 17.3. The largest absolute Gasteiger partial charge is 0.361 e. The molecule has 0 aliphatic carbocycles. The first kappa shape index (κ1) is 19.4. The van der Waals surface area contributed by atoms with Crippen molar-refractivity contribution in [3.05, 3.63) is 11.6 Å². The molecule has 0 saturated carbocycles. The summed E-state index contributed by atoms with van der Waals surface area (Å²) in [6, 6.07) is 0.631. The number of carbonyl (C=O) groups is 1. The molecule has 28 heavy (non-hydrogen) atoms. The van der Waals surface area contributed by atoms with Gasteiger partial charge in [-0.25, -0.2) is 4.98 Å². The molecular weight excluding hydrogens is 378 g/mol. The average Bonchev–Trinajstić information content (AvgIpc) is 3.08. The first-order valence-corrected chi connectivity index (χ1v) is 10.5. The molecule has 2 fully saturated rings. The Hall–Kier alpha value is -1.93. The lowest BCUT2D eigenvalue weighted by atomic mass is 9.83. The molecule has 4 heterocycles. The Morgan fingerprint density at radius 1 is 1.25 bits per heavy atom. The molecule has 0 bridgehead atoms. The number of fused-ring (bicyclic) bond motifs is 2. The van der Waals surface area contributed by atoms with Gasteiger partial charge in [0.05, 0.1) is 6.33 Å². The Morgan fingerprint density at radius 2 is 2.07 bits per heavy atom. The van der Waals surface area contributed by atoms with Crippen molar-refractivity contribution < 1.29 is 4.79 Å². The number of imidazole rings is 1. The number of aromatic nitrogens is 4. The van der Waals surface area contributed by atoms with Crippen LogP contribution in [0, 0.1) is 5.92 Å². The monoisotopic (exact) mass is 405 g/mol. The summed E-state index contributed by atoms with van der Waals surface area (Å²) in [5.74, 6) is 1.18. The summed E-state index contributed by atoms with van der Waals surface area (Å²) in [6.07, 6.45) is 7.93. The Kier molecular flexibility index (Phi) is 5.68. The van der Waals surface area contributed by atoms with E-state index >= 15 is 0 Å². The summed E-state index contributed by atoms with van der Waals surface area (Å²) in [7, 11) is 3.76. The van der Waals surface area contributed by atoms with E-state index in [4.69, 9.17) is 11.6 Å². The number of nitrogens with zero attached hydrogens (tertiary/aromatic N) is 6. The van der Waals surface area contributed by atoms with Crippen LogP contribution in [0.1, 0.15) is 32.1 Å². The van der Waals surface area contributed by atoms with Crippen molar-refractivity contribution in [2.45, 2.75) is 44.7 Å². The van der Waals surface area contributed by atoms with E-state index < -0.39 is 0 Å². The second-order valence-electron chi connectivity index (χ2n) is 8.06. The van der Waals surface area contributed by atoms with Gasteiger partial charge < -0.3 is 19.7 Å². The van der Waals surface area contributed by atoms with E-state index in [2.05, 4.69) is 25.2 Å². The molecule has 0 spiro atoms. The van der Waals surface area contributed by atoms with Gasteiger partial charge >= 0.3 is 0 Å². The number of hydrogen-bond donors (Lipinski definition) is 1. The highest BCUT2D eigenvalue weighted by Crippen LogP contribution is 2.30. The van der Waals surface area contributed by atoms with E-state index in [1.54, 1.807) is 10.9 Å². The van der Waals surface area contributed by atoms with E-state index in [-0.39, 0.29) is 17.7 Å². The highest BCUT2D eigenvalue weighted by atomic mass is 35.5. The van der Waals surface area contributed by atoms with Crippen molar-refractivity contribution in [2.24, 2.45) is 5.92 Å². The maximum Gasteiger partial charge on any atom is 0.240 e. The second-order valence-corrected chi connectivity index (χ2v) is 8.40. The summed E-state index contributed by atoms with van der Waals surface area (Å²) in [6.45, 7) is 3.35. The van der Waals surface area contributed by atoms with Gasteiger partial charge in [-0.15, -0.1) is 0 Å². The average molecular weight is 406 g/mol. The minimum Gasteiger partial charge on any atom is -0.361 e. The molecule has 8 nitrogen and oxygen atoms in total. The van der Waals surface area contributed by atoms with Crippen molar-refractivity contribution in [3.63, 3.8) is 0 Å². The van der Waals surface area contributed by atoms with E-state index in [0.717, 1.165) is 6.54 Å². The molecule has 2 unspecified atom stereocenters. The molecule has 2 atom stereocenters. The number of halogens is 1. The lowest BCUT2D eigenvalue weighted by Gasteiger charge is -2.44. The summed E-state index contributed by atoms with van der Waals surface area (Å²) in [5.41, 5.74) is 1.22. The van der Waals surface area contributed by atoms with Crippen LogP contribution in [-0.4, -0.2) is 70.1 Å². The molecule has 9 heteroatoms. The summed E-state index contributed by atoms with van der Waals surface area (Å²) in [4.78, 5) is 30.0. The van der Waals surface area contributed by atoms with Crippen LogP contribution in [0.15, 0.2) is 6.33 Å². The summed E-state index contributed by atoms with van der Waals surface area (Å²) < 4.78 is 1.74. The zero-order chi connectivity index (χ0) is 19.7. The van der Waals surface area contributed by atoms with E-state index in [1.807, 2.05) is 19.0 Å². The van der Waals surface area contributed by atoms with Gasteiger partial charge in [-0.05, 0) is 56.3 Å². The van der Waals surface area contributed by atoms with E-state index in [0.29, 0.717) is 28.9 Å². The molecule has 4 rings (SSSR count). The second kappa shape index (κ2) is 8.21. The van der Waals surface area contributed by atoms with Gasteiger partial charge in [0.25, 0.3) is 0 Å². The number of anilines is 1. The Bertz CT molecular complexity index is 850. The highest BCUT2D eigenvalue weighted by molar-refractivity contribution is 6.28.